The van der Waals surface area contributed by atoms with E-state index in [-0.39, 0.29) is 5.91 Å². The third kappa shape index (κ3) is 4.63. The Morgan fingerprint density at radius 2 is 1.97 bits per heavy atom. The molecule has 168 valence electrons. The predicted molar refractivity (Wildman–Crippen MR) is 128 cm³/mol. The molecule has 1 aromatic carbocycles. The molecule has 3 heterocycles. The highest BCUT2D eigenvalue weighted by atomic mass is 16.1. The number of rotatable bonds is 7. The third-order valence-electron chi connectivity index (χ3n) is 6.68. The molecule has 2 N–H and O–H groups in total. The first-order chi connectivity index (χ1) is 15.6. The summed E-state index contributed by atoms with van der Waals surface area (Å²) >= 11 is 0. The van der Waals surface area contributed by atoms with E-state index < -0.39 is 0 Å². The predicted octanol–water partition coefficient (Wildman–Crippen LogP) is 4.19. The minimum Gasteiger partial charge on any atom is -0.354 e. The van der Waals surface area contributed by atoms with Crippen molar-refractivity contribution in [3.05, 3.63) is 48.2 Å². The van der Waals surface area contributed by atoms with E-state index in [4.69, 9.17) is 4.98 Å². The molecule has 32 heavy (non-hydrogen) atoms. The number of benzene rings is 1. The Morgan fingerprint density at radius 1 is 1.12 bits per heavy atom. The number of aromatic amines is 1. The lowest BCUT2D eigenvalue weighted by atomic mass is 10.1. The lowest BCUT2D eigenvalue weighted by Gasteiger charge is -2.25. The molecule has 7 nitrogen and oxygen atoms in total. The highest BCUT2D eigenvalue weighted by molar-refractivity contribution is 5.93. The zero-order valence-corrected chi connectivity index (χ0v) is 18.8. The Balaban J connectivity index is 1.38. The molecule has 2 fully saturated rings. The minimum atomic E-state index is -0.0210. The number of anilines is 2. The van der Waals surface area contributed by atoms with Gasteiger partial charge < -0.3 is 9.88 Å². The van der Waals surface area contributed by atoms with Crippen molar-refractivity contribution in [2.24, 2.45) is 5.41 Å². The first-order valence-corrected chi connectivity index (χ1v) is 11.8. The van der Waals surface area contributed by atoms with Gasteiger partial charge in [-0.15, -0.1) is 0 Å². The summed E-state index contributed by atoms with van der Waals surface area (Å²) in [5, 5.41) is 3.93. The fourth-order valence-electron chi connectivity index (χ4n) is 4.75. The van der Waals surface area contributed by atoms with Gasteiger partial charge in [-0.2, -0.15) is 9.97 Å². The van der Waals surface area contributed by atoms with Gasteiger partial charge in [-0.05, 0) is 30.9 Å². The summed E-state index contributed by atoms with van der Waals surface area (Å²) < 4.78 is 0. The maximum absolute atomic E-state index is 12.3. The van der Waals surface area contributed by atoms with Crippen molar-refractivity contribution in [3.63, 3.8) is 0 Å². The molecule has 3 aromatic rings. The molecule has 2 aromatic heterocycles. The van der Waals surface area contributed by atoms with Gasteiger partial charge in [-0.25, -0.2) is 0 Å². The second-order valence-electron chi connectivity index (χ2n) is 9.38. The normalized spacial score (nSPS) is 18.1. The van der Waals surface area contributed by atoms with Gasteiger partial charge in [0.1, 0.15) is 11.5 Å². The first kappa shape index (κ1) is 20.9. The molecule has 1 saturated heterocycles. The van der Waals surface area contributed by atoms with Crippen molar-refractivity contribution < 1.29 is 4.79 Å². The standard InChI is InChI=1S/C25H32N6O/c1-2-3-9-21(32)27-24-28-22-20(10-13-26-22)23(29-24)31-15-14-30(17-25(18-31)11-12-25)16-19-7-5-4-6-8-19/h4-8,10,13H,2-3,9,11-12,14-18H2,1H3,(H2,26,27,28,29,32). The molecule has 1 saturated carbocycles. The molecule has 1 spiro atoms. The molecule has 0 unspecified atom stereocenters. The molecule has 1 aliphatic heterocycles. The average molecular weight is 433 g/mol. The second-order valence-corrected chi connectivity index (χ2v) is 9.38. The van der Waals surface area contributed by atoms with E-state index >= 15 is 0 Å². The highest BCUT2D eigenvalue weighted by Crippen LogP contribution is 2.48. The van der Waals surface area contributed by atoms with Crippen molar-refractivity contribution in [2.75, 3.05) is 36.4 Å². The number of nitrogens with zero attached hydrogens (tertiary/aromatic N) is 4. The van der Waals surface area contributed by atoms with Gasteiger partial charge in [0.05, 0.1) is 5.39 Å². The van der Waals surface area contributed by atoms with Crippen molar-refractivity contribution in [1.29, 1.82) is 0 Å². The van der Waals surface area contributed by atoms with Crippen LogP contribution in [-0.2, 0) is 11.3 Å². The van der Waals surface area contributed by atoms with Crippen LogP contribution in [0.4, 0.5) is 11.8 Å². The van der Waals surface area contributed by atoms with E-state index in [1.165, 1.54) is 18.4 Å². The Hall–Kier alpha value is -2.93. The lowest BCUT2D eigenvalue weighted by Crippen LogP contribution is -2.32. The van der Waals surface area contributed by atoms with E-state index in [9.17, 15) is 4.79 Å². The minimum absolute atomic E-state index is 0.0210. The number of fused-ring (bicyclic) bond motifs is 1. The van der Waals surface area contributed by atoms with Crippen molar-refractivity contribution >= 4 is 28.7 Å². The van der Waals surface area contributed by atoms with Crippen LogP contribution in [0, 0.1) is 5.41 Å². The Morgan fingerprint density at radius 3 is 2.75 bits per heavy atom. The molecular formula is C25H32N6O. The SMILES string of the molecule is CCCCC(=O)Nc1nc(N2CCN(Cc3ccccc3)CC3(CC3)C2)c2cc[nH]c2n1. The second kappa shape index (κ2) is 8.90. The van der Waals surface area contributed by atoms with Gasteiger partial charge in [0.25, 0.3) is 0 Å². The summed E-state index contributed by atoms with van der Waals surface area (Å²) in [6.07, 6.45) is 6.78. The molecule has 0 bridgehead atoms. The van der Waals surface area contributed by atoms with Crippen LogP contribution in [0.1, 0.15) is 44.6 Å². The number of unbranched alkanes of at least 4 members (excludes halogenated alkanes) is 1. The molecule has 5 rings (SSSR count). The number of hydrogen-bond donors (Lipinski definition) is 2. The first-order valence-electron chi connectivity index (χ1n) is 11.8. The number of nitrogens with one attached hydrogen (secondary N) is 2. The molecular weight excluding hydrogens is 400 g/mol. The van der Waals surface area contributed by atoms with Gasteiger partial charge in [0.15, 0.2) is 0 Å². The zero-order chi connectivity index (χ0) is 22.0. The van der Waals surface area contributed by atoms with Crippen LogP contribution >= 0.6 is 0 Å². The quantitative estimate of drug-likeness (QED) is 0.585. The van der Waals surface area contributed by atoms with Crippen LogP contribution < -0.4 is 10.2 Å². The zero-order valence-electron chi connectivity index (χ0n) is 18.8. The summed E-state index contributed by atoms with van der Waals surface area (Å²) in [6.45, 7) is 7.10. The van der Waals surface area contributed by atoms with Crippen LogP contribution in [0.5, 0.6) is 0 Å². The van der Waals surface area contributed by atoms with Crippen LogP contribution in [0.2, 0.25) is 0 Å². The van der Waals surface area contributed by atoms with Gasteiger partial charge in [-0.3, -0.25) is 15.0 Å². The monoisotopic (exact) mass is 432 g/mol. The van der Waals surface area contributed by atoms with Crippen molar-refractivity contribution in [1.82, 2.24) is 19.9 Å². The molecule has 1 aliphatic carbocycles. The fraction of sp³-hybridized carbons (Fsp3) is 0.480. The van der Waals surface area contributed by atoms with Crippen LogP contribution in [0.15, 0.2) is 42.6 Å². The number of H-pyrrole nitrogens is 1. The summed E-state index contributed by atoms with van der Waals surface area (Å²) in [5.74, 6) is 1.30. The summed E-state index contributed by atoms with van der Waals surface area (Å²) in [5.41, 5.74) is 2.48. The fourth-order valence-corrected chi connectivity index (χ4v) is 4.75. The van der Waals surface area contributed by atoms with E-state index in [1.807, 2.05) is 12.3 Å². The van der Waals surface area contributed by atoms with Gasteiger partial charge in [-0.1, -0.05) is 43.7 Å². The number of aromatic nitrogens is 3. The Bertz CT molecular complexity index is 1070. The average Bonchev–Trinajstić information content (AvgIpc) is 3.43. The van der Waals surface area contributed by atoms with Crippen LogP contribution in [-0.4, -0.2) is 51.9 Å². The molecule has 0 radical (unpaired) electrons. The molecule has 1 amide bonds. The van der Waals surface area contributed by atoms with E-state index in [1.54, 1.807) is 0 Å². The number of carbonyl (C=O) groups is 1. The van der Waals surface area contributed by atoms with Crippen molar-refractivity contribution in [3.8, 4) is 0 Å². The van der Waals surface area contributed by atoms with Gasteiger partial charge >= 0.3 is 0 Å². The number of carbonyl (C=O) groups excluding carboxylic acids is 1. The van der Waals surface area contributed by atoms with Crippen molar-refractivity contribution in [2.45, 2.75) is 45.6 Å². The Labute approximate surface area is 189 Å². The van der Waals surface area contributed by atoms with E-state index in [0.717, 1.165) is 62.4 Å². The molecule has 7 heteroatoms. The van der Waals surface area contributed by atoms with Gasteiger partial charge in [0, 0.05) is 50.8 Å². The summed E-state index contributed by atoms with van der Waals surface area (Å²) in [6, 6.07) is 12.8. The Kier molecular flexibility index (Phi) is 5.83. The lowest BCUT2D eigenvalue weighted by molar-refractivity contribution is -0.116. The number of hydrogen-bond acceptors (Lipinski definition) is 5. The van der Waals surface area contributed by atoms with E-state index in [0.29, 0.717) is 17.8 Å². The molecule has 2 aliphatic rings. The smallest absolute Gasteiger partial charge is 0.233 e. The van der Waals surface area contributed by atoms with Crippen LogP contribution in [0.3, 0.4) is 0 Å². The highest BCUT2D eigenvalue weighted by Gasteiger charge is 2.47. The van der Waals surface area contributed by atoms with E-state index in [2.05, 4.69) is 62.3 Å². The maximum Gasteiger partial charge on any atom is 0.233 e. The summed E-state index contributed by atoms with van der Waals surface area (Å²) in [7, 11) is 0. The largest absolute Gasteiger partial charge is 0.354 e. The third-order valence-corrected chi connectivity index (χ3v) is 6.68. The van der Waals surface area contributed by atoms with Crippen LogP contribution in [0.25, 0.3) is 11.0 Å². The topological polar surface area (TPSA) is 77.2 Å². The summed E-state index contributed by atoms with van der Waals surface area (Å²) in [4.78, 5) is 29.9. The maximum atomic E-state index is 12.3. The van der Waals surface area contributed by atoms with Gasteiger partial charge in [0.2, 0.25) is 11.9 Å². The number of amides is 1. The molecule has 0 atom stereocenters.